The van der Waals surface area contributed by atoms with Gasteiger partial charge in [-0.05, 0) is 36.6 Å². The highest BCUT2D eigenvalue weighted by atomic mass is 32.2. The van der Waals surface area contributed by atoms with Crippen molar-refractivity contribution in [2.45, 2.75) is 56.4 Å². The summed E-state index contributed by atoms with van der Waals surface area (Å²) in [7, 11) is -0.0861. The molecule has 0 saturated heterocycles. The highest BCUT2D eigenvalue weighted by Crippen LogP contribution is 2.43. The summed E-state index contributed by atoms with van der Waals surface area (Å²) in [5, 5.41) is 2.43. The summed E-state index contributed by atoms with van der Waals surface area (Å²) >= 11 is 1.77. The molecule has 0 spiro atoms. The van der Waals surface area contributed by atoms with E-state index in [4.69, 9.17) is 9.47 Å². The molecule has 1 fully saturated rings. The van der Waals surface area contributed by atoms with Crippen molar-refractivity contribution in [1.29, 1.82) is 0 Å². The Bertz CT molecular complexity index is 862. The normalized spacial score (nSPS) is 18.0. The molecule has 31 heavy (non-hydrogen) atoms. The van der Waals surface area contributed by atoms with Gasteiger partial charge in [-0.1, -0.05) is 68.5 Å². The van der Waals surface area contributed by atoms with Crippen molar-refractivity contribution in [1.82, 2.24) is 0 Å². The fourth-order valence-electron chi connectivity index (χ4n) is 4.84. The van der Waals surface area contributed by atoms with Crippen LogP contribution in [0.4, 0.5) is 0 Å². The molecule has 4 nitrogen and oxygen atoms in total. The maximum atomic E-state index is 13.3. The van der Waals surface area contributed by atoms with Crippen LogP contribution in [-0.2, 0) is 18.8 Å². The molecule has 0 aliphatic heterocycles. The van der Waals surface area contributed by atoms with Crippen LogP contribution < -0.4 is 0 Å². The van der Waals surface area contributed by atoms with Gasteiger partial charge in [0.25, 0.3) is 0 Å². The molecular formula is C25H33O4PS. The second-order valence-electron chi connectivity index (χ2n) is 8.12. The summed E-state index contributed by atoms with van der Waals surface area (Å²) < 4.78 is 23.5. The van der Waals surface area contributed by atoms with E-state index in [1.165, 1.54) is 34.9 Å². The van der Waals surface area contributed by atoms with Crippen LogP contribution in [0, 0.1) is 11.8 Å². The van der Waals surface area contributed by atoms with Crippen molar-refractivity contribution in [3.05, 3.63) is 42.5 Å². The van der Waals surface area contributed by atoms with Crippen LogP contribution in [0.5, 0.6) is 0 Å². The number of carbonyl (C=O) groups excluding carboxylic acids is 1. The number of esters is 1. The molecule has 0 heterocycles. The van der Waals surface area contributed by atoms with Gasteiger partial charge in [-0.3, -0.25) is 4.57 Å². The molecule has 2 aromatic carbocycles. The Morgan fingerprint density at radius 1 is 1.10 bits per heavy atom. The van der Waals surface area contributed by atoms with Crippen LogP contribution in [0.25, 0.3) is 10.8 Å². The van der Waals surface area contributed by atoms with Gasteiger partial charge in [-0.2, -0.15) is 0 Å². The average molecular weight is 461 g/mol. The standard InChI is InChI=1S/C25H33O4PS/c1-3-28-24(26)25(18-30-27,29-4-2)22(20-12-6-5-7-13-20)17-31-23-16-10-14-19-11-8-9-15-21(19)23/h8-11,14-16,20,22H,3-7,12-13,17-18H2,1-2H3. The molecular weight excluding hydrogens is 427 g/mol. The monoisotopic (exact) mass is 460 g/mol. The molecule has 1 saturated carbocycles. The zero-order chi connectivity index (χ0) is 22.1. The quantitative estimate of drug-likeness (QED) is 0.211. The third-order valence-corrected chi connectivity index (χ3v) is 8.10. The van der Waals surface area contributed by atoms with Crippen LogP contribution >= 0.6 is 20.2 Å². The zero-order valence-electron chi connectivity index (χ0n) is 18.5. The first kappa shape index (κ1) is 24.2. The van der Waals surface area contributed by atoms with Crippen molar-refractivity contribution >= 4 is 37.0 Å². The summed E-state index contributed by atoms with van der Waals surface area (Å²) in [4.78, 5) is 14.5. The molecule has 0 N–H and O–H groups in total. The highest BCUT2D eigenvalue weighted by Gasteiger charge is 2.51. The first-order valence-electron chi connectivity index (χ1n) is 11.4. The van der Waals surface area contributed by atoms with Gasteiger partial charge in [-0.15, -0.1) is 11.8 Å². The van der Waals surface area contributed by atoms with Crippen LogP contribution in [0.2, 0.25) is 0 Å². The molecule has 168 valence electrons. The van der Waals surface area contributed by atoms with E-state index >= 15 is 0 Å². The molecule has 1 aliphatic rings. The molecule has 0 bridgehead atoms. The second kappa shape index (κ2) is 12.0. The third-order valence-electron chi connectivity index (χ3n) is 6.31. The SMILES string of the molecule is CCOC(=O)C(CP=O)(OCC)C(CSc1cccc2ccccc12)C1CCCCC1. The van der Waals surface area contributed by atoms with Crippen LogP contribution in [0.1, 0.15) is 46.0 Å². The number of rotatable bonds is 11. The zero-order valence-corrected chi connectivity index (χ0v) is 20.3. The Labute approximate surface area is 191 Å². The number of hydrogen-bond donors (Lipinski definition) is 0. The summed E-state index contributed by atoms with van der Waals surface area (Å²) in [6.45, 7) is 4.38. The van der Waals surface area contributed by atoms with Gasteiger partial charge in [0.2, 0.25) is 0 Å². The third kappa shape index (κ3) is 5.69. The number of hydrogen-bond acceptors (Lipinski definition) is 5. The second-order valence-corrected chi connectivity index (χ2v) is 9.76. The van der Waals surface area contributed by atoms with Crippen LogP contribution in [0.15, 0.2) is 47.4 Å². The Balaban J connectivity index is 1.96. The van der Waals surface area contributed by atoms with Gasteiger partial charge in [-0.25, -0.2) is 4.79 Å². The molecule has 0 aromatic heterocycles. The lowest BCUT2D eigenvalue weighted by molar-refractivity contribution is -0.178. The Morgan fingerprint density at radius 2 is 1.84 bits per heavy atom. The van der Waals surface area contributed by atoms with Gasteiger partial charge in [0, 0.05) is 23.2 Å². The van der Waals surface area contributed by atoms with Gasteiger partial charge in [0.1, 0.15) is 0 Å². The minimum atomic E-state index is -1.17. The molecule has 2 atom stereocenters. The van der Waals surface area contributed by atoms with E-state index < -0.39 is 5.60 Å². The van der Waals surface area contributed by atoms with E-state index in [1.807, 2.05) is 13.8 Å². The summed E-state index contributed by atoms with van der Waals surface area (Å²) in [5.41, 5.74) is -1.17. The molecule has 1 aliphatic carbocycles. The van der Waals surface area contributed by atoms with E-state index in [1.54, 1.807) is 11.8 Å². The summed E-state index contributed by atoms with van der Waals surface area (Å²) in [6, 6.07) is 14.7. The van der Waals surface area contributed by atoms with E-state index in [9.17, 15) is 9.36 Å². The number of carbonyl (C=O) groups is 1. The van der Waals surface area contributed by atoms with Gasteiger partial charge >= 0.3 is 5.97 Å². The van der Waals surface area contributed by atoms with Crippen molar-refractivity contribution in [2.24, 2.45) is 11.8 Å². The van der Waals surface area contributed by atoms with Gasteiger partial charge < -0.3 is 9.47 Å². The molecule has 3 rings (SSSR count). The maximum Gasteiger partial charge on any atom is 0.339 e. The van der Waals surface area contributed by atoms with E-state index in [0.717, 1.165) is 18.6 Å². The minimum Gasteiger partial charge on any atom is -0.464 e. The first-order valence-corrected chi connectivity index (χ1v) is 13.4. The smallest absolute Gasteiger partial charge is 0.339 e. The topological polar surface area (TPSA) is 52.6 Å². The molecule has 6 heteroatoms. The minimum absolute atomic E-state index is 0.0581. The Hall–Kier alpha value is -1.42. The lowest BCUT2D eigenvalue weighted by Crippen LogP contribution is -2.55. The van der Waals surface area contributed by atoms with E-state index in [0.29, 0.717) is 12.5 Å². The molecule has 0 amide bonds. The lowest BCUT2D eigenvalue weighted by Gasteiger charge is -2.42. The molecule has 2 unspecified atom stereocenters. The predicted octanol–water partition coefficient (Wildman–Crippen LogP) is 6.76. The Kier molecular flexibility index (Phi) is 9.37. The van der Waals surface area contributed by atoms with Crippen molar-refractivity contribution in [3.8, 4) is 0 Å². The lowest BCUT2D eigenvalue weighted by atomic mass is 9.73. The first-order chi connectivity index (χ1) is 15.2. The maximum absolute atomic E-state index is 13.3. The van der Waals surface area contributed by atoms with Gasteiger partial charge in [0.15, 0.2) is 14.1 Å². The van der Waals surface area contributed by atoms with Crippen molar-refractivity contribution < 1.29 is 18.8 Å². The predicted molar refractivity (Wildman–Crippen MR) is 128 cm³/mol. The largest absolute Gasteiger partial charge is 0.464 e. The molecule has 0 radical (unpaired) electrons. The van der Waals surface area contributed by atoms with Gasteiger partial charge in [0.05, 0.1) is 12.8 Å². The van der Waals surface area contributed by atoms with Crippen LogP contribution in [-0.4, -0.2) is 36.7 Å². The number of benzene rings is 2. The number of fused-ring (bicyclic) bond motifs is 1. The highest BCUT2D eigenvalue weighted by molar-refractivity contribution is 7.99. The van der Waals surface area contributed by atoms with Crippen LogP contribution in [0.3, 0.4) is 0 Å². The van der Waals surface area contributed by atoms with E-state index in [-0.39, 0.29) is 33.1 Å². The number of thioether (sulfide) groups is 1. The molecule has 2 aromatic rings. The number of ether oxygens (including phenoxy) is 2. The average Bonchev–Trinajstić information content (AvgIpc) is 2.80. The van der Waals surface area contributed by atoms with Crippen molar-refractivity contribution in [2.75, 3.05) is 25.1 Å². The summed E-state index contributed by atoms with van der Waals surface area (Å²) in [6.07, 6.45) is 5.85. The van der Waals surface area contributed by atoms with Crippen molar-refractivity contribution in [3.63, 3.8) is 0 Å². The fourth-order valence-corrected chi connectivity index (χ4v) is 6.90. The Morgan fingerprint density at radius 3 is 2.55 bits per heavy atom. The summed E-state index contributed by atoms with van der Waals surface area (Å²) in [5.74, 6) is 0.660. The van der Waals surface area contributed by atoms with E-state index in [2.05, 4.69) is 42.5 Å². The fraction of sp³-hybridized carbons (Fsp3) is 0.560.